The molecule has 0 saturated heterocycles. The van der Waals surface area contributed by atoms with Crippen molar-refractivity contribution in [3.05, 3.63) is 41.5 Å². The van der Waals surface area contributed by atoms with Crippen molar-refractivity contribution in [2.75, 3.05) is 5.75 Å². The number of thioether (sulfide) groups is 1. The molecule has 6 nitrogen and oxygen atoms in total. The van der Waals surface area contributed by atoms with Crippen LogP contribution < -0.4 is 5.32 Å². The summed E-state index contributed by atoms with van der Waals surface area (Å²) in [5, 5.41) is 15.7. The Bertz CT molecular complexity index is 1180. The molecule has 4 aromatic rings. The Morgan fingerprint density at radius 3 is 2.83 bits per heavy atom. The summed E-state index contributed by atoms with van der Waals surface area (Å²) in [4.78, 5) is 17.8. The molecule has 1 N–H and O–H groups in total. The van der Waals surface area contributed by atoms with E-state index in [1.54, 1.807) is 17.7 Å². The van der Waals surface area contributed by atoms with Crippen molar-refractivity contribution in [2.24, 2.45) is 0 Å². The molecule has 29 heavy (non-hydrogen) atoms. The van der Waals surface area contributed by atoms with Gasteiger partial charge in [0.25, 0.3) is 0 Å². The molecule has 5 rings (SSSR count). The van der Waals surface area contributed by atoms with Crippen LogP contribution in [0.4, 0.5) is 0 Å². The van der Waals surface area contributed by atoms with Gasteiger partial charge in [0.1, 0.15) is 11.2 Å². The van der Waals surface area contributed by atoms with Gasteiger partial charge in [-0.3, -0.25) is 9.20 Å². The highest BCUT2D eigenvalue weighted by molar-refractivity contribution is 7.99. The summed E-state index contributed by atoms with van der Waals surface area (Å²) in [6, 6.07) is 8.81. The maximum atomic E-state index is 12.3. The van der Waals surface area contributed by atoms with Gasteiger partial charge in [0.05, 0.1) is 11.1 Å². The van der Waals surface area contributed by atoms with Crippen LogP contribution in [0.15, 0.2) is 41.1 Å². The number of hydrogen-bond acceptors (Lipinski definition) is 6. The SMILES string of the molecule is Cc1ccc(-c2csc3ncn4c(SCC(=O)NC5CCCC5)nnc4c23)cc1. The average molecular weight is 424 g/mol. The van der Waals surface area contributed by atoms with Gasteiger partial charge in [-0.25, -0.2) is 4.98 Å². The fraction of sp³-hybridized carbons (Fsp3) is 0.333. The van der Waals surface area contributed by atoms with Gasteiger partial charge in [0, 0.05) is 17.0 Å². The minimum atomic E-state index is 0.0589. The number of carbonyl (C=O) groups is 1. The Hall–Kier alpha value is -2.45. The van der Waals surface area contributed by atoms with Crippen LogP contribution in [0.25, 0.3) is 27.0 Å². The summed E-state index contributed by atoms with van der Waals surface area (Å²) >= 11 is 3.01. The maximum Gasteiger partial charge on any atom is 0.230 e. The third-order valence-electron chi connectivity index (χ3n) is 5.37. The first-order valence-electron chi connectivity index (χ1n) is 9.79. The second-order valence-electron chi connectivity index (χ2n) is 7.45. The van der Waals surface area contributed by atoms with E-state index in [4.69, 9.17) is 0 Å². The number of thiophene rings is 1. The number of hydrogen-bond donors (Lipinski definition) is 1. The van der Waals surface area contributed by atoms with E-state index in [9.17, 15) is 4.79 Å². The Morgan fingerprint density at radius 2 is 2.03 bits per heavy atom. The van der Waals surface area contributed by atoms with E-state index in [1.165, 1.54) is 30.2 Å². The van der Waals surface area contributed by atoms with Crippen LogP contribution in [0.5, 0.6) is 0 Å². The van der Waals surface area contributed by atoms with E-state index >= 15 is 0 Å². The fourth-order valence-electron chi connectivity index (χ4n) is 3.83. The molecule has 3 heterocycles. The molecule has 0 bridgehead atoms. The van der Waals surface area contributed by atoms with E-state index < -0.39 is 0 Å². The molecule has 1 fully saturated rings. The number of amides is 1. The summed E-state index contributed by atoms with van der Waals surface area (Å²) in [5.74, 6) is 0.396. The van der Waals surface area contributed by atoms with E-state index in [2.05, 4.69) is 57.1 Å². The van der Waals surface area contributed by atoms with Gasteiger partial charge in [-0.2, -0.15) is 0 Å². The Morgan fingerprint density at radius 1 is 1.24 bits per heavy atom. The third kappa shape index (κ3) is 3.62. The van der Waals surface area contributed by atoms with E-state index in [0.717, 1.165) is 39.8 Å². The molecule has 1 aliphatic carbocycles. The number of aromatic nitrogens is 4. The molecule has 0 atom stereocenters. The minimum Gasteiger partial charge on any atom is -0.353 e. The van der Waals surface area contributed by atoms with Crippen molar-refractivity contribution < 1.29 is 4.79 Å². The first-order chi connectivity index (χ1) is 14.2. The Labute approximate surface area is 176 Å². The quantitative estimate of drug-likeness (QED) is 0.480. The van der Waals surface area contributed by atoms with Crippen LogP contribution in [0.1, 0.15) is 31.2 Å². The van der Waals surface area contributed by atoms with Crippen LogP contribution in [0, 0.1) is 6.92 Å². The summed E-state index contributed by atoms with van der Waals surface area (Å²) in [6.07, 6.45) is 6.35. The van der Waals surface area contributed by atoms with Crippen molar-refractivity contribution in [3.8, 4) is 11.1 Å². The van der Waals surface area contributed by atoms with Crippen molar-refractivity contribution in [2.45, 2.75) is 43.8 Å². The lowest BCUT2D eigenvalue weighted by Gasteiger charge is -2.10. The summed E-state index contributed by atoms with van der Waals surface area (Å²) in [6.45, 7) is 2.08. The highest BCUT2D eigenvalue weighted by atomic mass is 32.2. The van der Waals surface area contributed by atoms with Crippen molar-refractivity contribution >= 4 is 44.9 Å². The number of nitrogens with zero attached hydrogens (tertiary/aromatic N) is 4. The lowest BCUT2D eigenvalue weighted by Crippen LogP contribution is -2.33. The molecular formula is C21H21N5OS2. The summed E-state index contributed by atoms with van der Waals surface area (Å²) in [7, 11) is 0. The van der Waals surface area contributed by atoms with E-state index in [-0.39, 0.29) is 5.91 Å². The van der Waals surface area contributed by atoms with Crippen LogP contribution in [0.3, 0.4) is 0 Å². The van der Waals surface area contributed by atoms with E-state index in [0.29, 0.717) is 17.0 Å². The molecule has 0 aliphatic heterocycles. The number of nitrogens with one attached hydrogen (secondary N) is 1. The molecule has 1 aliphatic rings. The van der Waals surface area contributed by atoms with Gasteiger partial charge in [-0.1, -0.05) is 54.4 Å². The Kier molecular flexibility index (Phi) is 4.97. The molecular weight excluding hydrogens is 402 g/mol. The van der Waals surface area contributed by atoms with Crippen LogP contribution in [-0.4, -0.2) is 37.3 Å². The first-order valence-corrected chi connectivity index (χ1v) is 11.7. The fourth-order valence-corrected chi connectivity index (χ4v) is 5.46. The standard InChI is InChI=1S/C21H21N5OS2/c1-13-6-8-14(9-7-13)16-10-28-20-18(16)19-24-25-21(26(19)12-22-20)29-11-17(27)23-15-4-2-3-5-15/h6-10,12,15H,2-5,11H2,1H3,(H,23,27). The van der Waals surface area contributed by atoms with Gasteiger partial charge in [0.15, 0.2) is 10.8 Å². The number of aryl methyl sites for hydroxylation is 1. The second-order valence-corrected chi connectivity index (χ2v) is 9.25. The monoisotopic (exact) mass is 423 g/mol. The van der Waals surface area contributed by atoms with Gasteiger partial charge in [0.2, 0.25) is 5.91 Å². The minimum absolute atomic E-state index is 0.0589. The molecule has 8 heteroatoms. The van der Waals surface area contributed by atoms with Crippen LogP contribution >= 0.6 is 23.1 Å². The second kappa shape index (κ2) is 7.76. The smallest absolute Gasteiger partial charge is 0.230 e. The zero-order chi connectivity index (χ0) is 19.8. The summed E-state index contributed by atoms with van der Waals surface area (Å²) in [5.41, 5.74) is 4.27. The predicted molar refractivity (Wildman–Crippen MR) is 117 cm³/mol. The van der Waals surface area contributed by atoms with Gasteiger partial charge >= 0.3 is 0 Å². The first kappa shape index (κ1) is 18.6. The molecule has 1 amide bonds. The highest BCUT2D eigenvalue weighted by Gasteiger charge is 2.19. The van der Waals surface area contributed by atoms with Crippen molar-refractivity contribution in [1.29, 1.82) is 0 Å². The Balaban J connectivity index is 1.43. The summed E-state index contributed by atoms with van der Waals surface area (Å²) < 4.78 is 1.89. The zero-order valence-electron chi connectivity index (χ0n) is 16.1. The maximum absolute atomic E-state index is 12.3. The van der Waals surface area contributed by atoms with Crippen LogP contribution in [0.2, 0.25) is 0 Å². The van der Waals surface area contributed by atoms with Crippen molar-refractivity contribution in [3.63, 3.8) is 0 Å². The van der Waals surface area contributed by atoms with Gasteiger partial charge in [-0.05, 0) is 25.3 Å². The normalized spacial score (nSPS) is 14.8. The molecule has 3 aromatic heterocycles. The number of rotatable bonds is 5. The van der Waals surface area contributed by atoms with Crippen molar-refractivity contribution in [1.82, 2.24) is 24.9 Å². The molecule has 1 saturated carbocycles. The predicted octanol–water partition coefficient (Wildman–Crippen LogP) is 4.47. The number of carbonyl (C=O) groups excluding carboxylic acids is 1. The lowest BCUT2D eigenvalue weighted by molar-refractivity contribution is -0.119. The average Bonchev–Trinajstić information content (AvgIpc) is 3.46. The molecule has 0 radical (unpaired) electrons. The zero-order valence-corrected chi connectivity index (χ0v) is 17.7. The highest BCUT2D eigenvalue weighted by Crippen LogP contribution is 2.35. The topological polar surface area (TPSA) is 72.2 Å². The largest absolute Gasteiger partial charge is 0.353 e. The molecule has 1 aromatic carbocycles. The molecule has 0 unspecified atom stereocenters. The van der Waals surface area contributed by atoms with Gasteiger partial charge < -0.3 is 5.32 Å². The molecule has 0 spiro atoms. The third-order valence-corrected chi connectivity index (χ3v) is 7.19. The molecule has 148 valence electrons. The van der Waals surface area contributed by atoms with Gasteiger partial charge in [-0.15, -0.1) is 21.5 Å². The lowest BCUT2D eigenvalue weighted by atomic mass is 10.0. The number of fused-ring (bicyclic) bond motifs is 3. The van der Waals surface area contributed by atoms with E-state index in [1.807, 2.05) is 4.40 Å². The number of benzene rings is 1. The van der Waals surface area contributed by atoms with Crippen LogP contribution in [-0.2, 0) is 4.79 Å².